The van der Waals surface area contributed by atoms with Crippen LogP contribution >= 0.6 is 0 Å². The van der Waals surface area contributed by atoms with E-state index in [9.17, 15) is 9.59 Å². The third kappa shape index (κ3) is 4.87. The summed E-state index contributed by atoms with van der Waals surface area (Å²) < 4.78 is 22.5. The molecule has 1 saturated heterocycles. The molecule has 1 amide bonds. The van der Waals surface area contributed by atoms with Gasteiger partial charge in [0, 0.05) is 13.1 Å². The highest BCUT2D eigenvalue weighted by atomic mass is 16.6. The minimum atomic E-state index is -0.366. The smallest absolute Gasteiger partial charge is 0.309 e. The minimum absolute atomic E-state index is 0.245. The van der Waals surface area contributed by atoms with E-state index in [1.54, 1.807) is 0 Å². The molecule has 0 aliphatic carbocycles. The van der Waals surface area contributed by atoms with Crippen molar-refractivity contribution in [1.29, 1.82) is 0 Å². The zero-order chi connectivity index (χ0) is 22.6. The topological polar surface area (TPSA) is 103 Å². The summed E-state index contributed by atoms with van der Waals surface area (Å²) in [6, 6.07) is 15.6. The number of benzene rings is 2. The number of para-hydroxylation sites is 4. The number of esters is 1. The van der Waals surface area contributed by atoms with Gasteiger partial charge in [-0.25, -0.2) is 0 Å². The quantitative estimate of drug-likeness (QED) is 0.571. The maximum atomic E-state index is 12.4. The van der Waals surface area contributed by atoms with E-state index in [0.717, 1.165) is 11.1 Å². The lowest BCUT2D eigenvalue weighted by Gasteiger charge is -2.29. The lowest BCUT2D eigenvalue weighted by Crippen LogP contribution is -2.42. The Bertz CT molecular complexity index is 1100. The largest absolute Gasteiger partial charge is 0.486 e. The van der Waals surface area contributed by atoms with Crippen LogP contribution in [0.4, 0.5) is 6.01 Å². The molecule has 1 aromatic heterocycles. The second kappa shape index (κ2) is 9.40. The van der Waals surface area contributed by atoms with Crippen molar-refractivity contribution >= 4 is 29.0 Å². The molecular weight excluding hydrogens is 426 g/mol. The Morgan fingerprint density at radius 1 is 1.06 bits per heavy atom. The van der Waals surface area contributed by atoms with Gasteiger partial charge in [-0.05, 0) is 37.1 Å². The number of carbonyl (C=O) groups excluding carboxylic acids is 2. The van der Waals surface area contributed by atoms with Crippen LogP contribution in [0.25, 0.3) is 11.1 Å². The van der Waals surface area contributed by atoms with E-state index in [1.807, 2.05) is 53.4 Å². The lowest BCUT2D eigenvalue weighted by molar-refractivity contribution is -0.153. The van der Waals surface area contributed by atoms with Crippen LogP contribution < -0.4 is 19.7 Å². The molecule has 0 radical (unpaired) electrons. The van der Waals surface area contributed by atoms with Crippen molar-refractivity contribution in [1.82, 2.24) is 10.3 Å². The highest BCUT2D eigenvalue weighted by Gasteiger charge is 2.29. The Kier molecular flexibility index (Phi) is 6.01. The molecule has 5 rings (SSSR count). The number of carbonyl (C=O) groups is 2. The van der Waals surface area contributed by atoms with Crippen molar-refractivity contribution in [3.63, 3.8) is 0 Å². The summed E-state index contributed by atoms with van der Waals surface area (Å²) in [4.78, 5) is 31.1. The Balaban J connectivity index is 1.03. The van der Waals surface area contributed by atoms with Gasteiger partial charge in [-0.2, -0.15) is 4.98 Å². The number of piperidine rings is 1. The zero-order valence-corrected chi connectivity index (χ0v) is 18.1. The van der Waals surface area contributed by atoms with Crippen molar-refractivity contribution in [3.8, 4) is 11.5 Å². The first-order valence-corrected chi connectivity index (χ1v) is 11.1. The van der Waals surface area contributed by atoms with Gasteiger partial charge >= 0.3 is 5.97 Å². The van der Waals surface area contributed by atoms with E-state index in [-0.39, 0.29) is 37.0 Å². The Labute approximate surface area is 190 Å². The van der Waals surface area contributed by atoms with Crippen molar-refractivity contribution < 1.29 is 28.2 Å². The zero-order valence-electron chi connectivity index (χ0n) is 18.1. The molecule has 2 aliphatic rings. The van der Waals surface area contributed by atoms with Gasteiger partial charge in [-0.15, -0.1) is 0 Å². The standard InChI is InChI=1S/C24H25N3O6/c28-22(25-13-17-14-30-20-7-3-4-8-21(20)32-17)15-31-23(29)16-9-11-27(12-10-16)24-26-18-5-1-2-6-19(18)33-24/h1-8,16-17H,9-15H2,(H,25,28). The molecule has 0 spiro atoms. The molecule has 2 aliphatic heterocycles. The van der Waals surface area contributed by atoms with Crippen LogP contribution in [-0.2, 0) is 14.3 Å². The maximum absolute atomic E-state index is 12.4. The normalized spacial score (nSPS) is 18.2. The highest BCUT2D eigenvalue weighted by molar-refractivity contribution is 5.81. The number of amides is 1. The second-order valence-corrected chi connectivity index (χ2v) is 8.13. The molecule has 2 aromatic carbocycles. The fourth-order valence-corrected chi connectivity index (χ4v) is 4.00. The fraction of sp³-hybridized carbons (Fsp3) is 0.375. The molecule has 3 aromatic rings. The predicted molar refractivity (Wildman–Crippen MR) is 119 cm³/mol. The molecule has 1 fully saturated rings. The van der Waals surface area contributed by atoms with Crippen LogP contribution in [0.5, 0.6) is 11.5 Å². The first kappa shape index (κ1) is 21.1. The van der Waals surface area contributed by atoms with Crippen LogP contribution in [0.2, 0.25) is 0 Å². The number of anilines is 1. The molecule has 9 nitrogen and oxygen atoms in total. The van der Waals surface area contributed by atoms with Gasteiger partial charge in [0.1, 0.15) is 18.2 Å². The molecule has 0 saturated carbocycles. The molecule has 33 heavy (non-hydrogen) atoms. The number of nitrogens with zero attached hydrogens (tertiary/aromatic N) is 2. The van der Waals surface area contributed by atoms with E-state index in [2.05, 4.69) is 10.3 Å². The lowest BCUT2D eigenvalue weighted by atomic mass is 9.97. The van der Waals surface area contributed by atoms with Crippen LogP contribution in [-0.4, -0.2) is 55.8 Å². The predicted octanol–water partition coefficient (Wildman–Crippen LogP) is 2.54. The first-order chi connectivity index (χ1) is 16.2. The van der Waals surface area contributed by atoms with Crippen molar-refractivity contribution in [2.24, 2.45) is 5.92 Å². The van der Waals surface area contributed by atoms with Gasteiger partial charge in [0.15, 0.2) is 23.7 Å². The summed E-state index contributed by atoms with van der Waals surface area (Å²) in [6.45, 7) is 1.58. The van der Waals surface area contributed by atoms with Gasteiger partial charge in [-0.3, -0.25) is 9.59 Å². The number of oxazole rings is 1. The fourth-order valence-electron chi connectivity index (χ4n) is 4.00. The number of rotatable bonds is 6. The van der Waals surface area contributed by atoms with E-state index < -0.39 is 0 Å². The van der Waals surface area contributed by atoms with E-state index in [0.29, 0.717) is 50.1 Å². The average molecular weight is 451 g/mol. The maximum Gasteiger partial charge on any atom is 0.309 e. The third-order valence-electron chi connectivity index (χ3n) is 5.82. The van der Waals surface area contributed by atoms with Crippen molar-refractivity contribution in [3.05, 3.63) is 48.5 Å². The summed E-state index contributed by atoms with van der Waals surface area (Å²) in [6.07, 6.45) is 0.938. The third-order valence-corrected chi connectivity index (χ3v) is 5.82. The van der Waals surface area contributed by atoms with Gasteiger partial charge < -0.3 is 28.8 Å². The molecule has 0 bridgehead atoms. The van der Waals surface area contributed by atoms with Crippen LogP contribution in [0, 0.1) is 5.92 Å². The van der Waals surface area contributed by atoms with E-state index >= 15 is 0 Å². The summed E-state index contributed by atoms with van der Waals surface area (Å²) in [5.74, 6) is 0.378. The summed E-state index contributed by atoms with van der Waals surface area (Å²) >= 11 is 0. The molecule has 3 heterocycles. The minimum Gasteiger partial charge on any atom is -0.486 e. The molecule has 9 heteroatoms. The van der Waals surface area contributed by atoms with E-state index in [1.165, 1.54) is 0 Å². The Morgan fingerprint density at radius 2 is 1.82 bits per heavy atom. The monoisotopic (exact) mass is 451 g/mol. The van der Waals surface area contributed by atoms with Gasteiger partial charge in [0.2, 0.25) is 0 Å². The molecule has 1 unspecified atom stereocenters. The van der Waals surface area contributed by atoms with Gasteiger partial charge in [-0.1, -0.05) is 24.3 Å². The number of hydrogen-bond donors (Lipinski definition) is 1. The summed E-state index contributed by atoms with van der Waals surface area (Å²) in [5.41, 5.74) is 1.56. The number of ether oxygens (including phenoxy) is 3. The molecule has 172 valence electrons. The van der Waals surface area contributed by atoms with Crippen molar-refractivity contribution in [2.45, 2.75) is 18.9 Å². The second-order valence-electron chi connectivity index (χ2n) is 8.13. The molecular formula is C24H25N3O6. The van der Waals surface area contributed by atoms with Crippen LogP contribution in [0.3, 0.4) is 0 Å². The number of hydrogen-bond acceptors (Lipinski definition) is 8. The highest BCUT2D eigenvalue weighted by Crippen LogP contribution is 2.30. The number of aromatic nitrogens is 1. The average Bonchev–Trinajstić information content (AvgIpc) is 3.30. The SMILES string of the molecule is O=C(COC(=O)C1CCN(c2nc3ccccc3o2)CC1)NCC1COc2ccccc2O1. The van der Waals surface area contributed by atoms with Gasteiger partial charge in [0.05, 0.1) is 12.5 Å². The molecule has 1 N–H and O–H groups in total. The first-order valence-electron chi connectivity index (χ1n) is 11.1. The Morgan fingerprint density at radius 3 is 2.64 bits per heavy atom. The van der Waals surface area contributed by atoms with Crippen molar-refractivity contribution in [2.75, 3.05) is 37.7 Å². The van der Waals surface area contributed by atoms with Crippen LogP contribution in [0.15, 0.2) is 52.9 Å². The number of nitrogens with one attached hydrogen (secondary N) is 1. The Hall–Kier alpha value is -3.75. The van der Waals surface area contributed by atoms with E-state index in [4.69, 9.17) is 18.6 Å². The summed E-state index contributed by atoms with van der Waals surface area (Å²) in [5, 5.41) is 2.73. The summed E-state index contributed by atoms with van der Waals surface area (Å²) in [7, 11) is 0. The van der Waals surface area contributed by atoms with Gasteiger partial charge in [0.25, 0.3) is 11.9 Å². The van der Waals surface area contributed by atoms with Crippen LogP contribution in [0.1, 0.15) is 12.8 Å². The number of fused-ring (bicyclic) bond motifs is 2. The molecule has 1 atom stereocenters.